The third kappa shape index (κ3) is 6.29. The van der Waals surface area contributed by atoms with Crippen molar-refractivity contribution in [1.82, 2.24) is 9.03 Å². The first kappa shape index (κ1) is 32.2. The van der Waals surface area contributed by atoms with Crippen molar-refractivity contribution in [2.24, 2.45) is 5.92 Å². The first-order valence-electron chi connectivity index (χ1n) is 11.3. The lowest BCUT2D eigenvalue weighted by molar-refractivity contribution is -0.137. The average molecular weight is 641 g/mol. The van der Waals surface area contributed by atoms with Crippen molar-refractivity contribution in [3.8, 4) is 0 Å². The van der Waals surface area contributed by atoms with E-state index in [4.69, 9.17) is 0 Å². The summed E-state index contributed by atoms with van der Waals surface area (Å²) in [5.41, 5.74) is -8.76. The van der Waals surface area contributed by atoms with Gasteiger partial charge in [-0.15, -0.1) is 0 Å². The molecule has 18 heteroatoms. The Morgan fingerprint density at radius 1 is 0.800 bits per heavy atom. The second-order valence-electron chi connectivity index (χ2n) is 9.54. The third-order valence-corrected chi connectivity index (χ3v) is 11.8. The fraction of sp³-hybridized carbons (Fsp3) is 0.455. The van der Waals surface area contributed by atoms with E-state index in [2.05, 4.69) is 0 Å². The Balaban J connectivity index is 1.99. The maximum absolute atomic E-state index is 14.4. The number of nitrogens with one attached hydrogen (secondary N) is 1. The Labute approximate surface area is 226 Å². The van der Waals surface area contributed by atoms with Crippen LogP contribution in [0.5, 0.6) is 0 Å². The maximum Gasteiger partial charge on any atom is 0.511 e. The van der Waals surface area contributed by atoms with Crippen LogP contribution in [0.1, 0.15) is 32.3 Å². The van der Waals surface area contributed by atoms with E-state index in [1.54, 1.807) is 4.72 Å². The number of nitrogens with zero attached hydrogens (tertiary/aromatic N) is 1. The van der Waals surface area contributed by atoms with Gasteiger partial charge in [0.25, 0.3) is 0 Å². The highest BCUT2D eigenvalue weighted by Crippen LogP contribution is 2.38. The minimum absolute atomic E-state index is 0.0937. The number of halogens is 7. The largest absolute Gasteiger partial charge is 0.511 e. The lowest BCUT2D eigenvalue weighted by atomic mass is 9.82. The van der Waals surface area contributed by atoms with Gasteiger partial charge < -0.3 is 0 Å². The highest BCUT2D eigenvalue weighted by atomic mass is 32.2. The number of benzene rings is 2. The van der Waals surface area contributed by atoms with Gasteiger partial charge in [0.2, 0.25) is 19.9 Å². The number of alkyl halides is 6. The van der Waals surface area contributed by atoms with Gasteiger partial charge in [-0.3, -0.25) is 0 Å². The summed E-state index contributed by atoms with van der Waals surface area (Å²) in [5, 5.41) is 0. The zero-order valence-corrected chi connectivity index (χ0v) is 23.2. The van der Waals surface area contributed by atoms with Crippen molar-refractivity contribution in [2.75, 3.05) is 13.1 Å². The fourth-order valence-corrected chi connectivity index (χ4v) is 8.91. The first-order chi connectivity index (χ1) is 18.0. The Kier molecular flexibility index (Phi) is 8.48. The summed E-state index contributed by atoms with van der Waals surface area (Å²) in [4.78, 5) is -3.42. The van der Waals surface area contributed by atoms with E-state index in [-0.39, 0.29) is 18.9 Å². The van der Waals surface area contributed by atoms with Crippen molar-refractivity contribution in [3.63, 3.8) is 0 Å². The molecule has 0 amide bonds. The second-order valence-corrected chi connectivity index (χ2v) is 15.0. The molecule has 0 unspecified atom stereocenters. The maximum atomic E-state index is 14.4. The molecular formula is C22H23F7N2O6S3. The number of hydrogen-bond acceptors (Lipinski definition) is 6. The van der Waals surface area contributed by atoms with Crippen LogP contribution < -0.4 is 4.72 Å². The van der Waals surface area contributed by atoms with Crippen LogP contribution >= 0.6 is 0 Å². The molecule has 0 atom stereocenters. The molecule has 0 spiro atoms. The van der Waals surface area contributed by atoms with E-state index >= 15 is 0 Å². The summed E-state index contributed by atoms with van der Waals surface area (Å²) in [6, 6.07) is 4.60. The molecule has 40 heavy (non-hydrogen) atoms. The lowest BCUT2D eigenvalue weighted by Gasteiger charge is -2.40. The number of hydrogen-bond donors (Lipinski definition) is 1. The van der Waals surface area contributed by atoms with Gasteiger partial charge in [0, 0.05) is 18.6 Å². The molecule has 3 rings (SSSR count). The van der Waals surface area contributed by atoms with E-state index in [1.807, 2.05) is 0 Å². The van der Waals surface area contributed by atoms with Crippen LogP contribution in [-0.4, -0.2) is 53.7 Å². The Hall–Kier alpha value is -2.28. The van der Waals surface area contributed by atoms with E-state index in [9.17, 15) is 56.0 Å². The lowest BCUT2D eigenvalue weighted by Crippen LogP contribution is -2.55. The van der Waals surface area contributed by atoms with Gasteiger partial charge in [0.1, 0.15) is 15.6 Å². The molecule has 0 saturated carbocycles. The summed E-state index contributed by atoms with van der Waals surface area (Å²) in [6.07, 6.45) is -5.43. The van der Waals surface area contributed by atoms with Crippen molar-refractivity contribution >= 4 is 29.9 Å². The third-order valence-electron chi connectivity index (χ3n) is 6.48. The Bertz CT molecular complexity index is 1600. The van der Waals surface area contributed by atoms with Crippen LogP contribution in [0.3, 0.4) is 0 Å². The molecule has 1 N–H and O–H groups in total. The van der Waals surface area contributed by atoms with E-state index in [1.165, 1.54) is 13.8 Å². The highest BCUT2D eigenvalue weighted by molar-refractivity contribution is 7.93. The van der Waals surface area contributed by atoms with Crippen molar-refractivity contribution in [3.05, 3.63) is 53.8 Å². The number of rotatable bonds is 7. The number of sulfone groups is 1. The molecule has 224 valence electrons. The molecule has 1 saturated heterocycles. The topological polar surface area (TPSA) is 118 Å². The van der Waals surface area contributed by atoms with E-state index in [0.29, 0.717) is 12.1 Å². The predicted octanol–water partition coefficient (Wildman–Crippen LogP) is 4.30. The van der Waals surface area contributed by atoms with Gasteiger partial charge in [-0.25, -0.2) is 34.4 Å². The summed E-state index contributed by atoms with van der Waals surface area (Å²) in [6.45, 7) is 1.51. The average Bonchev–Trinajstić information content (AvgIpc) is 2.82. The SMILES string of the molecule is CC(C)(NS(=O)(=O)C(F)(F)F)C1CCN(S(=O)(=O)c2ccc(C(F)(F)F)cc2S(=O)(=O)c2ccccc2F)CC1. The molecule has 2 aromatic carbocycles. The predicted molar refractivity (Wildman–Crippen MR) is 127 cm³/mol. The van der Waals surface area contributed by atoms with Crippen molar-refractivity contribution in [1.29, 1.82) is 0 Å². The highest BCUT2D eigenvalue weighted by Gasteiger charge is 2.50. The molecule has 0 aliphatic carbocycles. The molecule has 1 aliphatic heterocycles. The van der Waals surface area contributed by atoms with Crippen LogP contribution in [-0.2, 0) is 36.1 Å². The first-order valence-corrected chi connectivity index (χ1v) is 15.7. The van der Waals surface area contributed by atoms with Crippen LogP contribution in [0, 0.1) is 11.7 Å². The molecule has 0 radical (unpaired) electrons. The van der Waals surface area contributed by atoms with Gasteiger partial charge in [0.15, 0.2) is 0 Å². The summed E-state index contributed by atoms with van der Waals surface area (Å²) < 4.78 is 172. The smallest absolute Gasteiger partial charge is 0.218 e. The molecule has 1 aliphatic rings. The number of sulfonamides is 2. The van der Waals surface area contributed by atoms with Crippen LogP contribution in [0.2, 0.25) is 0 Å². The second kappa shape index (κ2) is 10.5. The van der Waals surface area contributed by atoms with Gasteiger partial charge in [-0.05, 0) is 62.9 Å². The van der Waals surface area contributed by atoms with Gasteiger partial charge in [-0.2, -0.15) is 30.6 Å². The van der Waals surface area contributed by atoms with Gasteiger partial charge >= 0.3 is 21.7 Å². The zero-order valence-electron chi connectivity index (χ0n) is 20.7. The van der Waals surface area contributed by atoms with E-state index in [0.717, 1.165) is 28.6 Å². The normalized spacial score (nSPS) is 17.2. The molecule has 0 bridgehead atoms. The molecule has 8 nitrogen and oxygen atoms in total. The molecule has 1 heterocycles. The van der Waals surface area contributed by atoms with Crippen LogP contribution in [0.25, 0.3) is 0 Å². The fourth-order valence-electron chi connectivity index (χ4n) is 4.33. The molecule has 1 fully saturated rings. The number of piperidine rings is 1. The van der Waals surface area contributed by atoms with Crippen LogP contribution in [0.4, 0.5) is 30.7 Å². The summed E-state index contributed by atoms with van der Waals surface area (Å²) in [7, 11) is -15.7. The zero-order chi connectivity index (χ0) is 30.5. The monoisotopic (exact) mass is 640 g/mol. The minimum Gasteiger partial charge on any atom is -0.218 e. The van der Waals surface area contributed by atoms with Crippen molar-refractivity contribution < 1.29 is 56.0 Å². The Morgan fingerprint density at radius 2 is 1.35 bits per heavy atom. The van der Waals surface area contributed by atoms with Crippen molar-refractivity contribution in [2.45, 2.75) is 58.6 Å². The standard InChI is InChI=1S/C22H23F7N2O6S3/c1-20(2,30-40(36,37)22(27,28)29)14-9-11-31(12-10-14)39(34,35)18-8-7-15(21(24,25)26)13-19(18)38(32,33)17-6-4-3-5-16(17)23/h3-8,13-14,30H,9-12H2,1-2H3. The quantitative estimate of drug-likeness (QED) is 0.452. The Morgan fingerprint density at radius 3 is 1.85 bits per heavy atom. The van der Waals surface area contributed by atoms with Gasteiger partial charge in [-0.1, -0.05) is 12.1 Å². The van der Waals surface area contributed by atoms with Crippen LogP contribution in [0.15, 0.2) is 57.2 Å². The molecular weight excluding hydrogens is 617 g/mol. The summed E-state index contributed by atoms with van der Waals surface area (Å²) >= 11 is 0. The molecule has 0 aromatic heterocycles. The molecule has 2 aromatic rings. The van der Waals surface area contributed by atoms with Gasteiger partial charge in [0.05, 0.1) is 10.5 Å². The van der Waals surface area contributed by atoms with E-state index < -0.39 is 92.2 Å². The summed E-state index contributed by atoms with van der Waals surface area (Å²) in [5.74, 6) is -2.13. The minimum atomic E-state index is -5.73.